The van der Waals surface area contributed by atoms with Crippen molar-refractivity contribution in [1.29, 1.82) is 0 Å². The van der Waals surface area contributed by atoms with Gasteiger partial charge in [0, 0.05) is 0 Å². The highest BCUT2D eigenvalue weighted by atomic mass is 16.5. The highest BCUT2D eigenvalue weighted by Crippen LogP contribution is 1.92. The molecule has 0 aromatic heterocycles. The van der Waals surface area contributed by atoms with E-state index in [0.717, 1.165) is 0 Å². The van der Waals surface area contributed by atoms with Gasteiger partial charge in [0.25, 0.3) is 0 Å². The second-order valence-corrected chi connectivity index (χ2v) is 3.27. The number of rotatable bonds is 9. The Hall–Kier alpha value is -0.160. The molecule has 0 rings (SSSR count). The SMILES string of the molecule is CCC(O)COCCOCC(O)CC. The van der Waals surface area contributed by atoms with Crippen LogP contribution in [0.1, 0.15) is 26.7 Å². The zero-order valence-electron chi connectivity index (χ0n) is 9.11. The molecule has 0 heterocycles. The smallest absolute Gasteiger partial charge is 0.0771 e. The summed E-state index contributed by atoms with van der Waals surface area (Å²) in [5.74, 6) is 0. The number of hydrogen-bond donors (Lipinski definition) is 2. The van der Waals surface area contributed by atoms with E-state index in [0.29, 0.717) is 39.3 Å². The molecular weight excluding hydrogens is 184 g/mol. The molecule has 0 fully saturated rings. The van der Waals surface area contributed by atoms with Gasteiger partial charge in [-0.15, -0.1) is 0 Å². The lowest BCUT2D eigenvalue weighted by molar-refractivity contribution is -0.0177. The average molecular weight is 206 g/mol. The second kappa shape index (κ2) is 9.40. The summed E-state index contributed by atoms with van der Waals surface area (Å²) in [4.78, 5) is 0. The molecule has 0 spiro atoms. The molecule has 0 bridgehead atoms. The standard InChI is InChI=1S/C10H22O4/c1-3-9(11)7-13-5-6-14-8-10(12)4-2/h9-12H,3-8H2,1-2H3. The maximum Gasteiger partial charge on any atom is 0.0771 e. The highest BCUT2D eigenvalue weighted by molar-refractivity contribution is 4.49. The van der Waals surface area contributed by atoms with E-state index in [1.807, 2.05) is 13.8 Å². The maximum absolute atomic E-state index is 9.13. The van der Waals surface area contributed by atoms with Gasteiger partial charge in [-0.1, -0.05) is 13.8 Å². The van der Waals surface area contributed by atoms with Crippen molar-refractivity contribution in [1.82, 2.24) is 0 Å². The number of aliphatic hydroxyl groups is 2. The lowest BCUT2D eigenvalue weighted by Crippen LogP contribution is -2.19. The van der Waals surface area contributed by atoms with Crippen LogP contribution >= 0.6 is 0 Å². The molecule has 0 saturated heterocycles. The summed E-state index contributed by atoms with van der Waals surface area (Å²) in [7, 11) is 0. The van der Waals surface area contributed by atoms with Crippen LogP contribution in [0.4, 0.5) is 0 Å². The summed E-state index contributed by atoms with van der Waals surface area (Å²) in [6.07, 6.45) is 0.651. The molecule has 86 valence electrons. The Kier molecular flexibility index (Phi) is 9.29. The van der Waals surface area contributed by atoms with Gasteiger partial charge in [0.05, 0.1) is 38.6 Å². The zero-order valence-corrected chi connectivity index (χ0v) is 9.11. The maximum atomic E-state index is 9.13. The first kappa shape index (κ1) is 13.8. The Balaban J connectivity index is 3.06. The molecule has 0 aliphatic rings. The van der Waals surface area contributed by atoms with Gasteiger partial charge >= 0.3 is 0 Å². The Morgan fingerprint density at radius 2 is 1.21 bits per heavy atom. The Bertz CT molecular complexity index is 105. The summed E-state index contributed by atoms with van der Waals surface area (Å²) in [5, 5.41) is 18.3. The van der Waals surface area contributed by atoms with E-state index in [1.165, 1.54) is 0 Å². The number of aliphatic hydroxyl groups excluding tert-OH is 2. The molecule has 2 N–H and O–H groups in total. The van der Waals surface area contributed by atoms with Crippen molar-refractivity contribution in [2.75, 3.05) is 26.4 Å². The van der Waals surface area contributed by atoms with Crippen molar-refractivity contribution < 1.29 is 19.7 Å². The van der Waals surface area contributed by atoms with Crippen LogP contribution in [0.2, 0.25) is 0 Å². The number of hydrogen-bond acceptors (Lipinski definition) is 4. The van der Waals surface area contributed by atoms with E-state index in [9.17, 15) is 0 Å². The van der Waals surface area contributed by atoms with Crippen LogP contribution in [-0.4, -0.2) is 48.8 Å². The van der Waals surface area contributed by atoms with Crippen molar-refractivity contribution in [3.8, 4) is 0 Å². The third kappa shape index (κ3) is 8.44. The van der Waals surface area contributed by atoms with Gasteiger partial charge in [-0.25, -0.2) is 0 Å². The molecule has 2 unspecified atom stereocenters. The molecule has 0 aromatic rings. The van der Waals surface area contributed by atoms with Crippen molar-refractivity contribution >= 4 is 0 Å². The summed E-state index contributed by atoms with van der Waals surface area (Å²) in [6.45, 7) is 5.46. The third-order valence-corrected chi connectivity index (χ3v) is 1.93. The van der Waals surface area contributed by atoms with Crippen molar-refractivity contribution in [3.63, 3.8) is 0 Å². The van der Waals surface area contributed by atoms with E-state index >= 15 is 0 Å². The summed E-state index contributed by atoms with van der Waals surface area (Å²) in [6, 6.07) is 0. The van der Waals surface area contributed by atoms with Gasteiger partial charge in [0.1, 0.15) is 0 Å². The minimum atomic E-state index is -0.378. The monoisotopic (exact) mass is 206 g/mol. The topological polar surface area (TPSA) is 58.9 Å². The van der Waals surface area contributed by atoms with Gasteiger partial charge < -0.3 is 19.7 Å². The second-order valence-electron chi connectivity index (χ2n) is 3.27. The van der Waals surface area contributed by atoms with Gasteiger partial charge in [-0.05, 0) is 12.8 Å². The van der Waals surface area contributed by atoms with Gasteiger partial charge in [0.15, 0.2) is 0 Å². The fourth-order valence-corrected chi connectivity index (χ4v) is 0.792. The molecule has 0 aromatic carbocycles. The first-order chi connectivity index (χ1) is 6.70. The minimum absolute atomic E-state index is 0.357. The van der Waals surface area contributed by atoms with Crippen LogP contribution in [0.3, 0.4) is 0 Å². The van der Waals surface area contributed by atoms with Gasteiger partial charge in [-0.3, -0.25) is 0 Å². The molecule has 0 radical (unpaired) electrons. The fourth-order valence-electron chi connectivity index (χ4n) is 0.792. The normalized spacial score (nSPS) is 15.4. The van der Waals surface area contributed by atoms with Gasteiger partial charge in [0.2, 0.25) is 0 Å². The van der Waals surface area contributed by atoms with E-state index < -0.39 is 0 Å². The molecule has 4 heteroatoms. The largest absolute Gasteiger partial charge is 0.391 e. The van der Waals surface area contributed by atoms with E-state index in [1.54, 1.807) is 0 Å². The lowest BCUT2D eigenvalue weighted by Gasteiger charge is -2.10. The van der Waals surface area contributed by atoms with Crippen LogP contribution in [0.15, 0.2) is 0 Å². The first-order valence-electron chi connectivity index (χ1n) is 5.22. The summed E-state index contributed by atoms with van der Waals surface area (Å²) < 4.78 is 10.3. The quantitative estimate of drug-likeness (QED) is 0.541. The molecule has 4 nitrogen and oxygen atoms in total. The zero-order chi connectivity index (χ0) is 10.8. The molecule has 0 aliphatic carbocycles. The predicted molar refractivity (Wildman–Crippen MR) is 54.2 cm³/mol. The molecule has 0 saturated carbocycles. The lowest BCUT2D eigenvalue weighted by atomic mass is 10.3. The van der Waals surface area contributed by atoms with E-state index in [-0.39, 0.29) is 12.2 Å². The predicted octanol–water partition coefficient (Wildman–Crippen LogP) is 0.561. The van der Waals surface area contributed by atoms with Crippen LogP contribution < -0.4 is 0 Å². The minimum Gasteiger partial charge on any atom is -0.391 e. The van der Waals surface area contributed by atoms with Crippen molar-refractivity contribution in [2.45, 2.75) is 38.9 Å². The molecular formula is C10H22O4. The van der Waals surface area contributed by atoms with Crippen LogP contribution in [-0.2, 0) is 9.47 Å². The highest BCUT2D eigenvalue weighted by Gasteiger charge is 2.01. The summed E-state index contributed by atoms with van der Waals surface area (Å²) in [5.41, 5.74) is 0. The molecule has 0 amide bonds. The fraction of sp³-hybridized carbons (Fsp3) is 1.00. The molecule has 0 aliphatic heterocycles. The Morgan fingerprint density at radius 3 is 1.50 bits per heavy atom. The first-order valence-corrected chi connectivity index (χ1v) is 5.22. The molecule has 2 atom stereocenters. The van der Waals surface area contributed by atoms with Crippen molar-refractivity contribution in [2.24, 2.45) is 0 Å². The Morgan fingerprint density at radius 1 is 0.857 bits per heavy atom. The van der Waals surface area contributed by atoms with Crippen LogP contribution in [0, 0.1) is 0 Å². The van der Waals surface area contributed by atoms with Crippen molar-refractivity contribution in [3.05, 3.63) is 0 Å². The average Bonchev–Trinajstić information content (AvgIpc) is 2.22. The third-order valence-electron chi connectivity index (χ3n) is 1.93. The van der Waals surface area contributed by atoms with Crippen LogP contribution in [0.25, 0.3) is 0 Å². The van der Waals surface area contributed by atoms with E-state index in [4.69, 9.17) is 19.7 Å². The number of ether oxygens (including phenoxy) is 2. The van der Waals surface area contributed by atoms with E-state index in [2.05, 4.69) is 0 Å². The summed E-state index contributed by atoms with van der Waals surface area (Å²) >= 11 is 0. The van der Waals surface area contributed by atoms with Gasteiger partial charge in [-0.2, -0.15) is 0 Å². The molecule has 14 heavy (non-hydrogen) atoms. The van der Waals surface area contributed by atoms with Crippen LogP contribution in [0.5, 0.6) is 0 Å². The Labute approximate surface area is 85.8 Å².